The number of carbonyl (C=O) groups excluding carboxylic acids is 2. The molecule has 2 heterocycles. The Hall–Kier alpha value is -3.06. The average molecular weight is 412 g/mol. The zero-order chi connectivity index (χ0) is 20.4. The molecule has 1 aliphatic heterocycles. The second-order valence-electron chi connectivity index (χ2n) is 6.26. The number of carbonyl (C=O) groups is 2. The molecule has 0 saturated heterocycles. The third kappa shape index (κ3) is 3.31. The summed E-state index contributed by atoms with van der Waals surface area (Å²) in [4.78, 5) is 26.7. The van der Waals surface area contributed by atoms with Crippen molar-refractivity contribution >= 4 is 23.3 Å². The number of esters is 2. The molecule has 1 aromatic rings. The lowest BCUT2D eigenvalue weighted by Crippen LogP contribution is -2.15. The molecule has 0 bridgehead atoms. The number of thiophene rings is 1. The van der Waals surface area contributed by atoms with Gasteiger partial charge in [0.1, 0.15) is 13.2 Å². The Morgan fingerprint density at radius 2 is 1.52 bits per heavy atom. The predicted molar refractivity (Wildman–Crippen MR) is 109 cm³/mol. The van der Waals surface area contributed by atoms with Crippen LogP contribution in [0.5, 0.6) is 11.5 Å². The summed E-state index contributed by atoms with van der Waals surface area (Å²) >= 11 is 1.36. The molecule has 0 spiro atoms. The zero-order valence-corrected chi connectivity index (χ0v) is 17.0. The lowest BCUT2D eigenvalue weighted by atomic mass is 10.1. The van der Waals surface area contributed by atoms with Crippen molar-refractivity contribution in [2.24, 2.45) is 0 Å². The lowest BCUT2D eigenvalue weighted by molar-refractivity contribution is 0.0525. The number of hydrogen-bond acceptors (Lipinski definition) is 7. The minimum absolute atomic E-state index is 0.223. The van der Waals surface area contributed by atoms with Crippen LogP contribution in [0, 0.1) is 0 Å². The van der Waals surface area contributed by atoms with Crippen molar-refractivity contribution in [1.82, 2.24) is 0 Å². The smallest absolute Gasteiger partial charge is 0.339 e. The summed E-state index contributed by atoms with van der Waals surface area (Å²) < 4.78 is 22.2. The summed E-state index contributed by atoms with van der Waals surface area (Å²) in [6, 6.07) is 9.12. The third-order valence-electron chi connectivity index (χ3n) is 4.56. The van der Waals surface area contributed by atoms with Crippen LogP contribution in [-0.2, 0) is 9.47 Å². The van der Waals surface area contributed by atoms with Gasteiger partial charge in [-0.25, -0.2) is 9.59 Å². The highest BCUT2D eigenvalue weighted by molar-refractivity contribution is 7.14. The largest absolute Gasteiger partial charge is 0.485 e. The molecule has 6 nitrogen and oxygen atoms in total. The third-order valence-corrected chi connectivity index (χ3v) is 5.52. The normalized spacial score (nSPS) is 12.6. The van der Waals surface area contributed by atoms with E-state index in [2.05, 4.69) is 0 Å². The van der Waals surface area contributed by atoms with Gasteiger partial charge in [-0.05, 0) is 25.0 Å². The zero-order valence-electron chi connectivity index (χ0n) is 16.2. The van der Waals surface area contributed by atoms with E-state index in [9.17, 15) is 9.59 Å². The second kappa shape index (κ2) is 8.13. The molecule has 0 N–H and O–H groups in total. The monoisotopic (exact) mass is 412 g/mol. The maximum atomic E-state index is 13.0. The van der Waals surface area contributed by atoms with Crippen LogP contribution in [0.15, 0.2) is 35.7 Å². The number of rotatable bonds is 5. The first-order chi connectivity index (χ1) is 14.2. The van der Waals surface area contributed by atoms with Gasteiger partial charge in [0.25, 0.3) is 0 Å². The van der Waals surface area contributed by atoms with Gasteiger partial charge in [0, 0.05) is 10.9 Å². The highest BCUT2D eigenvalue weighted by atomic mass is 32.1. The summed E-state index contributed by atoms with van der Waals surface area (Å²) in [5.41, 5.74) is 2.40. The first-order valence-corrected chi connectivity index (χ1v) is 10.3. The first-order valence-electron chi connectivity index (χ1n) is 9.43. The molecule has 3 aliphatic rings. The van der Waals surface area contributed by atoms with Crippen molar-refractivity contribution in [3.8, 4) is 33.1 Å². The maximum absolute atomic E-state index is 13.0. The summed E-state index contributed by atoms with van der Waals surface area (Å²) in [6.07, 6.45) is 0. The van der Waals surface area contributed by atoms with Gasteiger partial charge in [-0.1, -0.05) is 30.3 Å². The Morgan fingerprint density at radius 3 is 2.10 bits per heavy atom. The second-order valence-corrected chi connectivity index (χ2v) is 7.14. The molecule has 0 atom stereocenters. The highest BCUT2D eigenvalue weighted by Gasteiger charge is 2.36. The Balaban J connectivity index is 2.07. The van der Waals surface area contributed by atoms with Crippen LogP contribution >= 0.6 is 11.3 Å². The quantitative estimate of drug-likeness (QED) is 0.569. The molecule has 4 rings (SSSR count). The topological polar surface area (TPSA) is 71.1 Å². The van der Waals surface area contributed by atoms with E-state index in [0.717, 1.165) is 0 Å². The summed E-state index contributed by atoms with van der Waals surface area (Å²) in [7, 11) is 0. The van der Waals surface area contributed by atoms with Gasteiger partial charge in [0.05, 0.1) is 29.2 Å². The standard InChI is InChI=1S/C22H20O6S/c1-3-25-21(23)16-13-8-6-5-7-9-14(13)17(22(24)26-4-2)18(16)20-19-15(12-29-20)27-10-11-28-19/h5-9,12H,3-4,10-11H2,1-2H3. The molecule has 0 fully saturated rings. The minimum atomic E-state index is -0.492. The van der Waals surface area contributed by atoms with Crippen molar-refractivity contribution in [1.29, 1.82) is 0 Å². The van der Waals surface area contributed by atoms with Crippen LogP contribution < -0.4 is 9.47 Å². The molecule has 0 amide bonds. The summed E-state index contributed by atoms with van der Waals surface area (Å²) in [5.74, 6) is 0.162. The van der Waals surface area contributed by atoms with Crippen molar-refractivity contribution < 1.29 is 28.5 Å². The predicted octanol–water partition coefficient (Wildman–Crippen LogP) is 4.64. The van der Waals surface area contributed by atoms with Crippen LogP contribution in [0.3, 0.4) is 0 Å². The van der Waals surface area contributed by atoms with E-state index in [1.807, 2.05) is 35.7 Å². The number of hydrogen-bond donors (Lipinski definition) is 0. The van der Waals surface area contributed by atoms with Crippen molar-refractivity contribution in [3.63, 3.8) is 0 Å². The maximum Gasteiger partial charge on any atom is 0.339 e. The Labute approximate surface area is 172 Å². The number of ether oxygens (including phenoxy) is 4. The molecule has 1 aromatic heterocycles. The van der Waals surface area contributed by atoms with Crippen molar-refractivity contribution in [2.45, 2.75) is 13.8 Å². The molecule has 0 saturated carbocycles. The fourth-order valence-electron chi connectivity index (χ4n) is 3.47. The average Bonchev–Trinajstić information content (AvgIpc) is 3.18. The van der Waals surface area contributed by atoms with Gasteiger partial charge in [-0.3, -0.25) is 0 Å². The fraction of sp³-hybridized carbons (Fsp3) is 0.273. The van der Waals surface area contributed by atoms with E-state index >= 15 is 0 Å². The first kappa shape index (κ1) is 19.3. The van der Waals surface area contributed by atoms with E-state index in [4.69, 9.17) is 18.9 Å². The molecular weight excluding hydrogens is 392 g/mol. The molecule has 0 aromatic carbocycles. The van der Waals surface area contributed by atoms with Gasteiger partial charge in [-0.15, -0.1) is 11.3 Å². The van der Waals surface area contributed by atoms with Gasteiger partial charge in [-0.2, -0.15) is 0 Å². The van der Waals surface area contributed by atoms with Crippen LogP contribution in [0.1, 0.15) is 34.6 Å². The van der Waals surface area contributed by atoms with Gasteiger partial charge in [0.15, 0.2) is 11.5 Å². The molecule has 2 aliphatic carbocycles. The SMILES string of the molecule is CCOC(=O)c1c2cccccc-2c(C(=O)OCC)c1-c1scc2c1OCCO2. The van der Waals surface area contributed by atoms with Crippen molar-refractivity contribution in [2.75, 3.05) is 26.4 Å². The van der Waals surface area contributed by atoms with Crippen LogP contribution in [0.2, 0.25) is 0 Å². The Bertz CT molecular complexity index is 985. The Morgan fingerprint density at radius 1 is 0.931 bits per heavy atom. The summed E-state index contributed by atoms with van der Waals surface area (Å²) in [6.45, 7) is 4.80. The van der Waals surface area contributed by atoms with Crippen molar-refractivity contribution in [3.05, 3.63) is 46.8 Å². The molecule has 29 heavy (non-hydrogen) atoms. The molecular formula is C22H20O6S. The van der Waals surface area contributed by atoms with Gasteiger partial charge < -0.3 is 18.9 Å². The van der Waals surface area contributed by atoms with Gasteiger partial charge in [0.2, 0.25) is 0 Å². The molecule has 7 heteroatoms. The lowest BCUT2D eigenvalue weighted by Gasteiger charge is -2.16. The van der Waals surface area contributed by atoms with E-state index in [1.165, 1.54) is 11.3 Å². The van der Waals surface area contributed by atoms with Crippen LogP contribution in [0.4, 0.5) is 0 Å². The van der Waals surface area contributed by atoms with Crippen LogP contribution in [0.25, 0.3) is 21.6 Å². The summed E-state index contributed by atoms with van der Waals surface area (Å²) in [5, 5.41) is 1.82. The number of fused-ring (bicyclic) bond motifs is 2. The fourth-order valence-corrected chi connectivity index (χ4v) is 4.46. The Kier molecular flexibility index (Phi) is 5.40. The van der Waals surface area contributed by atoms with E-state index in [0.29, 0.717) is 57.4 Å². The van der Waals surface area contributed by atoms with E-state index in [1.54, 1.807) is 13.8 Å². The van der Waals surface area contributed by atoms with Crippen LogP contribution in [-0.4, -0.2) is 38.4 Å². The van der Waals surface area contributed by atoms with E-state index in [-0.39, 0.29) is 13.2 Å². The molecule has 150 valence electrons. The molecule has 0 radical (unpaired) electrons. The minimum Gasteiger partial charge on any atom is -0.485 e. The van der Waals surface area contributed by atoms with E-state index < -0.39 is 11.9 Å². The highest BCUT2D eigenvalue weighted by Crippen LogP contribution is 2.52. The molecule has 0 unspecified atom stereocenters. The van der Waals surface area contributed by atoms with Gasteiger partial charge >= 0.3 is 11.9 Å².